The number of likely N-dealkylation sites (tertiary alicyclic amines) is 1. The molecule has 2 aliphatic carbocycles. The van der Waals surface area contributed by atoms with E-state index in [1.165, 1.54) is 32.1 Å². The number of amides is 1. The molecule has 2 aromatic rings. The van der Waals surface area contributed by atoms with Crippen LogP contribution in [0.25, 0.3) is 0 Å². The van der Waals surface area contributed by atoms with Crippen molar-refractivity contribution in [3.63, 3.8) is 0 Å². The van der Waals surface area contributed by atoms with Crippen LogP contribution in [0.1, 0.15) is 83.1 Å². The molecule has 0 unspecified atom stereocenters. The summed E-state index contributed by atoms with van der Waals surface area (Å²) in [5.41, 5.74) is 1.26. The Morgan fingerprint density at radius 3 is 2.39 bits per heavy atom. The van der Waals surface area contributed by atoms with Crippen molar-refractivity contribution < 1.29 is 14.3 Å². The van der Waals surface area contributed by atoms with Gasteiger partial charge in [-0.15, -0.1) is 0 Å². The standard InChI is InChI=1S/C32H46ClN5O3/c1-2-41-31(40)25-10-14-28(15-11-25)36-29(20-24-8-12-27(33)13-9-24)30(39)37-18-16-32(17-19-37,21-38-23-34-22-35-38)26-6-4-3-5-7-26/h8-9,12-13,22-23,25-26,28-29,36H,2-7,10-11,14-21H2,1H3/t25?,28?,29-/m1/s1. The zero-order chi connectivity index (χ0) is 28.7. The van der Waals surface area contributed by atoms with Gasteiger partial charge >= 0.3 is 5.97 Å². The van der Waals surface area contributed by atoms with Crippen LogP contribution < -0.4 is 5.32 Å². The van der Waals surface area contributed by atoms with Crippen molar-refractivity contribution in [3.05, 3.63) is 47.5 Å². The molecule has 8 nitrogen and oxygen atoms in total. The Balaban J connectivity index is 1.26. The van der Waals surface area contributed by atoms with Gasteiger partial charge in [0, 0.05) is 30.7 Å². The van der Waals surface area contributed by atoms with E-state index in [0.29, 0.717) is 24.0 Å². The molecular formula is C32H46ClN5O3. The van der Waals surface area contributed by atoms with Gasteiger partial charge in [0.2, 0.25) is 5.91 Å². The summed E-state index contributed by atoms with van der Waals surface area (Å²) in [5, 5.41) is 8.88. The van der Waals surface area contributed by atoms with Gasteiger partial charge in [0.1, 0.15) is 12.7 Å². The summed E-state index contributed by atoms with van der Waals surface area (Å²) in [6.45, 7) is 4.71. The predicted octanol–water partition coefficient (Wildman–Crippen LogP) is 5.44. The smallest absolute Gasteiger partial charge is 0.308 e. The first-order valence-electron chi connectivity index (χ1n) is 15.7. The van der Waals surface area contributed by atoms with Gasteiger partial charge in [-0.2, -0.15) is 5.10 Å². The minimum absolute atomic E-state index is 0.0293. The number of esters is 1. The summed E-state index contributed by atoms with van der Waals surface area (Å²) in [6.07, 6.45) is 15.9. The highest BCUT2D eigenvalue weighted by Gasteiger charge is 2.44. The number of nitrogens with one attached hydrogen (secondary N) is 1. The Morgan fingerprint density at radius 1 is 1.05 bits per heavy atom. The number of nitrogens with zero attached hydrogens (tertiary/aromatic N) is 4. The molecule has 5 rings (SSSR count). The number of aromatic nitrogens is 3. The molecule has 3 fully saturated rings. The third-order valence-electron chi connectivity index (χ3n) is 9.92. The van der Waals surface area contributed by atoms with Crippen LogP contribution in [0.3, 0.4) is 0 Å². The van der Waals surface area contributed by atoms with Crippen LogP contribution in [0.2, 0.25) is 5.02 Å². The average molecular weight is 584 g/mol. The Bertz CT molecular complexity index is 1100. The van der Waals surface area contributed by atoms with Gasteiger partial charge in [-0.3, -0.25) is 14.3 Å². The summed E-state index contributed by atoms with van der Waals surface area (Å²) in [6, 6.07) is 7.73. The van der Waals surface area contributed by atoms with Crippen LogP contribution in [-0.4, -0.2) is 63.3 Å². The molecule has 2 heterocycles. The third kappa shape index (κ3) is 7.69. The molecule has 1 atom stereocenters. The van der Waals surface area contributed by atoms with Crippen molar-refractivity contribution in [1.82, 2.24) is 25.0 Å². The molecule has 1 aromatic carbocycles. The fourth-order valence-corrected chi connectivity index (χ4v) is 7.68. The molecule has 1 aromatic heterocycles. The highest BCUT2D eigenvalue weighted by atomic mass is 35.5. The van der Waals surface area contributed by atoms with E-state index in [1.54, 1.807) is 6.33 Å². The summed E-state index contributed by atoms with van der Waals surface area (Å²) in [5.74, 6) is 0.750. The highest BCUT2D eigenvalue weighted by Crippen LogP contribution is 2.47. The monoisotopic (exact) mass is 583 g/mol. The normalized spacial score (nSPS) is 24.1. The van der Waals surface area contributed by atoms with E-state index in [2.05, 4.69) is 20.3 Å². The Hall–Kier alpha value is -2.45. The second-order valence-corrected chi connectivity index (χ2v) is 12.9. The topological polar surface area (TPSA) is 89.4 Å². The number of carbonyl (C=O) groups excluding carboxylic acids is 2. The number of piperidine rings is 1. The first kappa shape index (κ1) is 30.0. The van der Waals surface area contributed by atoms with E-state index in [1.807, 2.05) is 42.2 Å². The molecular weight excluding hydrogens is 538 g/mol. The molecule has 0 spiro atoms. The average Bonchev–Trinajstić information content (AvgIpc) is 3.52. The largest absolute Gasteiger partial charge is 0.466 e. The zero-order valence-corrected chi connectivity index (χ0v) is 25.2. The minimum atomic E-state index is -0.308. The maximum absolute atomic E-state index is 14.1. The number of rotatable bonds is 10. The lowest BCUT2D eigenvalue weighted by atomic mass is 9.63. The van der Waals surface area contributed by atoms with Crippen molar-refractivity contribution >= 4 is 23.5 Å². The van der Waals surface area contributed by atoms with Crippen molar-refractivity contribution in [3.8, 4) is 0 Å². The van der Waals surface area contributed by atoms with Crippen LogP contribution in [0, 0.1) is 17.3 Å². The Labute approximate surface area is 249 Å². The molecule has 3 aliphatic rings. The molecule has 224 valence electrons. The Kier molecular flexibility index (Phi) is 10.4. The Morgan fingerprint density at radius 2 is 1.76 bits per heavy atom. The van der Waals surface area contributed by atoms with Crippen molar-refractivity contribution in [1.29, 1.82) is 0 Å². The van der Waals surface area contributed by atoms with Crippen LogP contribution in [-0.2, 0) is 27.3 Å². The van der Waals surface area contributed by atoms with Gasteiger partial charge in [-0.25, -0.2) is 4.98 Å². The van der Waals surface area contributed by atoms with Crippen molar-refractivity contribution in [2.75, 3.05) is 19.7 Å². The maximum Gasteiger partial charge on any atom is 0.308 e. The minimum Gasteiger partial charge on any atom is -0.466 e. The molecule has 0 bridgehead atoms. The fraction of sp³-hybridized carbons (Fsp3) is 0.688. The van der Waals surface area contributed by atoms with Crippen LogP contribution >= 0.6 is 11.6 Å². The fourth-order valence-electron chi connectivity index (χ4n) is 7.55. The molecule has 1 amide bonds. The molecule has 2 saturated carbocycles. The van der Waals surface area contributed by atoms with Gasteiger partial charge in [0.25, 0.3) is 0 Å². The van der Waals surface area contributed by atoms with E-state index in [9.17, 15) is 9.59 Å². The number of ether oxygens (including phenoxy) is 1. The second kappa shape index (κ2) is 14.1. The van der Waals surface area contributed by atoms with Crippen molar-refractivity contribution in [2.24, 2.45) is 17.3 Å². The molecule has 41 heavy (non-hydrogen) atoms. The lowest BCUT2D eigenvalue weighted by Gasteiger charge is -2.48. The van der Waals surface area contributed by atoms with Gasteiger partial charge in [-0.1, -0.05) is 43.0 Å². The van der Waals surface area contributed by atoms with Crippen LogP contribution in [0.4, 0.5) is 0 Å². The van der Waals surface area contributed by atoms with Gasteiger partial charge in [-0.05, 0) is 93.7 Å². The van der Waals surface area contributed by atoms with E-state index in [4.69, 9.17) is 16.3 Å². The number of carbonyl (C=O) groups is 2. The van der Waals surface area contributed by atoms with Gasteiger partial charge in [0.15, 0.2) is 0 Å². The van der Waals surface area contributed by atoms with Gasteiger partial charge in [0.05, 0.1) is 18.6 Å². The van der Waals surface area contributed by atoms with E-state index >= 15 is 0 Å². The number of halogens is 1. The number of hydrogen-bond donors (Lipinski definition) is 1. The second-order valence-electron chi connectivity index (χ2n) is 12.5. The molecule has 0 radical (unpaired) electrons. The lowest BCUT2D eigenvalue weighted by molar-refractivity contribution is -0.149. The predicted molar refractivity (Wildman–Crippen MR) is 159 cm³/mol. The third-order valence-corrected chi connectivity index (χ3v) is 10.2. The molecule has 1 N–H and O–H groups in total. The quantitative estimate of drug-likeness (QED) is 0.375. The van der Waals surface area contributed by atoms with Gasteiger partial charge < -0.3 is 15.0 Å². The van der Waals surface area contributed by atoms with Crippen molar-refractivity contribution in [2.45, 2.75) is 103 Å². The zero-order valence-electron chi connectivity index (χ0n) is 24.5. The highest BCUT2D eigenvalue weighted by molar-refractivity contribution is 6.30. The summed E-state index contributed by atoms with van der Waals surface area (Å²) in [4.78, 5) is 32.7. The van der Waals surface area contributed by atoms with E-state index in [-0.39, 0.29) is 35.3 Å². The lowest BCUT2D eigenvalue weighted by Crippen LogP contribution is -2.55. The summed E-state index contributed by atoms with van der Waals surface area (Å²) in [7, 11) is 0. The molecule has 9 heteroatoms. The van der Waals surface area contributed by atoms with Crippen LogP contribution in [0.5, 0.6) is 0 Å². The number of hydrogen-bond acceptors (Lipinski definition) is 6. The van der Waals surface area contributed by atoms with E-state index in [0.717, 1.165) is 63.7 Å². The van der Waals surface area contributed by atoms with E-state index < -0.39 is 0 Å². The van der Waals surface area contributed by atoms with Crippen LogP contribution in [0.15, 0.2) is 36.9 Å². The SMILES string of the molecule is CCOC(=O)C1CCC(N[C@H](Cc2ccc(Cl)cc2)C(=O)N2CCC(Cn3cncn3)(C3CCCCC3)CC2)CC1. The molecule has 1 saturated heterocycles. The maximum atomic E-state index is 14.1. The summed E-state index contributed by atoms with van der Waals surface area (Å²) >= 11 is 6.15. The first-order valence-corrected chi connectivity index (χ1v) is 16.1. The number of benzene rings is 1. The molecule has 1 aliphatic heterocycles. The first-order chi connectivity index (χ1) is 20.0. The summed E-state index contributed by atoms with van der Waals surface area (Å²) < 4.78 is 7.26.